The van der Waals surface area contributed by atoms with E-state index in [2.05, 4.69) is 22.7 Å². The van der Waals surface area contributed by atoms with Crippen LogP contribution >= 0.6 is 93.0 Å². The fourth-order valence-corrected chi connectivity index (χ4v) is 10.5. The van der Waals surface area contributed by atoms with Gasteiger partial charge in [0, 0.05) is 27.7 Å². The van der Waals surface area contributed by atoms with Crippen LogP contribution in [0.1, 0.15) is 61.4 Å². The van der Waals surface area contributed by atoms with Crippen molar-refractivity contribution in [1.82, 2.24) is 0 Å². The standard InChI is InChI=1S/C43H38Cl7N5O4S2/c1-3-4-5-6-7-8-22-54(61(58,59)31-19-12-25(2)13-20-31)29-15-17-30(18-16-29)60-40-41(53-55(43(40)57)39-37(49)35(47)34(46)36(48)38(39)50)52-33-24-28(14-21-32(33)45)51-42(56)26-10-9-11-27(44)23-26/h9-21,23-24,40H,3-8,22H2,1-2H3,(H,51,56)(H,52,53). The first-order chi connectivity index (χ1) is 29.1. The van der Waals surface area contributed by atoms with Crippen LogP contribution < -0.4 is 19.9 Å². The SMILES string of the molecule is CCCCCCCCN(c1ccc(SC2C(=O)N(c3c(Cl)c(Cl)c(Cl)c(Cl)c3Cl)N=C2Nc2cc(NC(=O)c3cccc(Cl)c3)ccc2Cl)cc1)S(=O)(=O)c1ccc(C)cc1. The van der Waals surface area contributed by atoms with Crippen LogP contribution in [0.2, 0.25) is 35.2 Å². The zero-order valence-corrected chi connectivity index (χ0v) is 39.5. The van der Waals surface area contributed by atoms with E-state index in [1.54, 1.807) is 84.9 Å². The van der Waals surface area contributed by atoms with Gasteiger partial charge in [-0.2, -0.15) is 5.01 Å². The number of benzene rings is 5. The third-order valence-corrected chi connectivity index (χ3v) is 15.4. The molecule has 5 aromatic carbocycles. The number of nitrogens with one attached hydrogen (secondary N) is 2. The van der Waals surface area contributed by atoms with E-state index in [0.29, 0.717) is 45.5 Å². The Morgan fingerprint density at radius 1 is 0.787 bits per heavy atom. The molecule has 320 valence electrons. The molecule has 18 heteroatoms. The van der Waals surface area contributed by atoms with Crippen LogP contribution in [-0.4, -0.2) is 37.9 Å². The first-order valence-corrected chi connectivity index (χ1v) is 24.0. The second-order valence-electron chi connectivity index (χ2n) is 14.0. The Balaban J connectivity index is 1.32. The molecule has 0 radical (unpaired) electrons. The molecule has 5 aromatic rings. The minimum atomic E-state index is -3.91. The number of anilines is 4. The van der Waals surface area contributed by atoms with Crippen LogP contribution in [0.25, 0.3) is 0 Å². The van der Waals surface area contributed by atoms with E-state index in [-0.39, 0.29) is 46.6 Å². The second kappa shape index (κ2) is 20.9. The molecule has 1 aliphatic heterocycles. The van der Waals surface area contributed by atoms with E-state index >= 15 is 0 Å². The number of aryl methyl sites for hydroxylation is 1. The minimum absolute atomic E-state index is 0.0919. The van der Waals surface area contributed by atoms with Gasteiger partial charge in [-0.1, -0.05) is 144 Å². The lowest BCUT2D eigenvalue weighted by molar-refractivity contribution is -0.116. The van der Waals surface area contributed by atoms with Crippen molar-refractivity contribution in [3.05, 3.63) is 137 Å². The summed E-state index contributed by atoms with van der Waals surface area (Å²) >= 11 is 46.2. The third-order valence-electron chi connectivity index (χ3n) is 9.56. The fourth-order valence-electron chi connectivity index (χ4n) is 6.33. The number of amidine groups is 1. The first kappa shape index (κ1) is 47.1. The topological polar surface area (TPSA) is 111 Å². The number of unbranched alkanes of at least 4 members (excludes halogenated alkanes) is 5. The van der Waals surface area contributed by atoms with Crippen LogP contribution in [0.4, 0.5) is 22.7 Å². The molecule has 6 rings (SSSR count). The van der Waals surface area contributed by atoms with Crippen molar-refractivity contribution in [2.24, 2.45) is 5.10 Å². The molecular formula is C43H38Cl7N5O4S2. The Labute approximate surface area is 394 Å². The predicted octanol–water partition coefficient (Wildman–Crippen LogP) is 14.3. The van der Waals surface area contributed by atoms with Gasteiger partial charge in [-0.3, -0.25) is 13.9 Å². The Bertz CT molecular complexity index is 2550. The molecule has 2 N–H and O–H groups in total. The maximum atomic E-state index is 14.4. The maximum Gasteiger partial charge on any atom is 0.268 e. The van der Waals surface area contributed by atoms with Gasteiger partial charge < -0.3 is 10.6 Å². The highest BCUT2D eigenvalue weighted by Gasteiger charge is 2.41. The Kier molecular flexibility index (Phi) is 16.1. The number of sulfonamides is 1. The van der Waals surface area contributed by atoms with Gasteiger partial charge in [0.1, 0.15) is 5.69 Å². The van der Waals surface area contributed by atoms with E-state index in [1.165, 1.54) is 10.4 Å². The van der Waals surface area contributed by atoms with E-state index in [4.69, 9.17) is 81.2 Å². The summed E-state index contributed by atoms with van der Waals surface area (Å²) in [6.07, 6.45) is 5.94. The lowest BCUT2D eigenvalue weighted by atomic mass is 10.1. The average Bonchev–Trinajstić information content (AvgIpc) is 3.53. The number of hydrogen-bond donors (Lipinski definition) is 2. The number of hydrogen-bond acceptors (Lipinski definition) is 7. The van der Waals surface area contributed by atoms with Crippen LogP contribution in [0.3, 0.4) is 0 Å². The zero-order valence-electron chi connectivity index (χ0n) is 32.6. The summed E-state index contributed by atoms with van der Waals surface area (Å²) in [6.45, 7) is 4.34. The smallest absolute Gasteiger partial charge is 0.268 e. The first-order valence-electron chi connectivity index (χ1n) is 19.0. The molecule has 0 saturated heterocycles. The minimum Gasteiger partial charge on any atom is -0.340 e. The van der Waals surface area contributed by atoms with E-state index in [9.17, 15) is 18.0 Å². The lowest BCUT2D eigenvalue weighted by Gasteiger charge is -2.25. The summed E-state index contributed by atoms with van der Waals surface area (Å²) in [5, 5.41) is 10.5. The van der Waals surface area contributed by atoms with Crippen molar-refractivity contribution >= 4 is 143 Å². The van der Waals surface area contributed by atoms with Gasteiger partial charge in [0.15, 0.2) is 11.1 Å². The van der Waals surface area contributed by atoms with Gasteiger partial charge in [0.25, 0.3) is 21.8 Å². The highest BCUT2D eigenvalue weighted by molar-refractivity contribution is 8.01. The normalized spacial score (nSPS) is 14.0. The molecule has 1 aliphatic rings. The molecule has 1 unspecified atom stereocenters. The summed E-state index contributed by atoms with van der Waals surface area (Å²) in [4.78, 5) is 28.3. The van der Waals surface area contributed by atoms with Crippen molar-refractivity contribution in [3.8, 4) is 0 Å². The molecule has 1 heterocycles. The predicted molar refractivity (Wildman–Crippen MR) is 256 cm³/mol. The largest absolute Gasteiger partial charge is 0.340 e. The molecule has 0 saturated carbocycles. The van der Waals surface area contributed by atoms with E-state index < -0.39 is 27.1 Å². The summed E-state index contributed by atoms with van der Waals surface area (Å²) in [5.41, 5.74) is 2.35. The molecule has 2 amide bonds. The Morgan fingerprint density at radius 3 is 2.08 bits per heavy atom. The molecule has 0 fully saturated rings. The number of carbonyl (C=O) groups excluding carboxylic acids is 2. The second-order valence-corrected chi connectivity index (χ2v) is 19.8. The number of hydrazone groups is 1. The lowest BCUT2D eigenvalue weighted by Crippen LogP contribution is -2.32. The number of rotatable bonds is 16. The summed E-state index contributed by atoms with van der Waals surface area (Å²) in [7, 11) is -3.91. The molecule has 0 aromatic heterocycles. The molecular weight excluding hydrogens is 963 g/mol. The molecule has 0 aliphatic carbocycles. The van der Waals surface area contributed by atoms with Crippen LogP contribution in [0.5, 0.6) is 0 Å². The van der Waals surface area contributed by atoms with Crippen LogP contribution in [0, 0.1) is 6.92 Å². The quantitative estimate of drug-likeness (QED) is 0.0579. The van der Waals surface area contributed by atoms with E-state index in [0.717, 1.165) is 54.4 Å². The van der Waals surface area contributed by atoms with Crippen molar-refractivity contribution in [3.63, 3.8) is 0 Å². The van der Waals surface area contributed by atoms with Crippen molar-refractivity contribution in [1.29, 1.82) is 0 Å². The third kappa shape index (κ3) is 11.1. The Hall–Kier alpha value is -3.36. The summed E-state index contributed by atoms with van der Waals surface area (Å²) in [6, 6.07) is 24.9. The maximum absolute atomic E-state index is 14.4. The molecule has 9 nitrogen and oxygen atoms in total. The van der Waals surface area contributed by atoms with Gasteiger partial charge in [-0.05, 0) is 86.1 Å². The summed E-state index contributed by atoms with van der Waals surface area (Å²) in [5.74, 6) is -0.881. The summed E-state index contributed by atoms with van der Waals surface area (Å²) < 4.78 is 29.6. The Morgan fingerprint density at radius 2 is 1.43 bits per heavy atom. The molecule has 0 bridgehead atoms. The van der Waals surface area contributed by atoms with Gasteiger partial charge in [-0.15, -0.1) is 16.9 Å². The number of nitrogens with zero attached hydrogens (tertiary/aromatic N) is 3. The average molecular weight is 1000 g/mol. The van der Waals surface area contributed by atoms with Crippen LogP contribution in [-0.2, 0) is 14.8 Å². The molecule has 1 atom stereocenters. The van der Waals surface area contributed by atoms with Gasteiger partial charge in [0.2, 0.25) is 0 Å². The van der Waals surface area contributed by atoms with Gasteiger partial charge in [0.05, 0.1) is 46.4 Å². The van der Waals surface area contributed by atoms with Crippen molar-refractivity contribution in [2.45, 2.75) is 67.4 Å². The molecule has 0 spiro atoms. The number of carbonyl (C=O) groups is 2. The number of amides is 2. The zero-order chi connectivity index (χ0) is 44.0. The van der Waals surface area contributed by atoms with Crippen molar-refractivity contribution < 1.29 is 18.0 Å². The van der Waals surface area contributed by atoms with Crippen LogP contribution in [0.15, 0.2) is 106 Å². The highest BCUT2D eigenvalue weighted by Crippen LogP contribution is 2.50. The fraction of sp³-hybridized carbons (Fsp3) is 0.233. The van der Waals surface area contributed by atoms with E-state index in [1.807, 2.05) is 6.92 Å². The number of thioether (sulfide) groups is 1. The van der Waals surface area contributed by atoms with Crippen molar-refractivity contribution in [2.75, 3.05) is 26.5 Å². The highest BCUT2D eigenvalue weighted by atomic mass is 35.5. The van der Waals surface area contributed by atoms with Gasteiger partial charge >= 0.3 is 0 Å². The number of halogens is 7. The molecule has 61 heavy (non-hydrogen) atoms. The monoisotopic (exact) mass is 997 g/mol. The van der Waals surface area contributed by atoms with Gasteiger partial charge in [-0.25, -0.2) is 8.42 Å².